The van der Waals surface area contributed by atoms with Crippen molar-refractivity contribution in [2.75, 3.05) is 5.32 Å². The van der Waals surface area contributed by atoms with Gasteiger partial charge in [0.15, 0.2) is 0 Å². The Hall–Kier alpha value is -1.52. The molecule has 0 fully saturated rings. The first-order valence-corrected chi connectivity index (χ1v) is 6.29. The molecule has 0 radical (unpaired) electrons. The van der Waals surface area contributed by atoms with Crippen LogP contribution in [0.15, 0.2) is 46.9 Å². The number of carbonyl (C=O) groups is 1. The molecule has 0 spiro atoms. The first kappa shape index (κ1) is 12.9. The topological polar surface area (TPSA) is 49.3 Å². The summed E-state index contributed by atoms with van der Waals surface area (Å²) in [5, 5.41) is 12.4. The maximum atomic E-state index is 11.9. The van der Waals surface area contributed by atoms with Gasteiger partial charge in [0.1, 0.15) is 5.75 Å². The molecule has 0 aliphatic rings. The highest BCUT2D eigenvalue weighted by atomic mass is 79.9. The van der Waals surface area contributed by atoms with Crippen LogP contribution in [0.25, 0.3) is 0 Å². The summed E-state index contributed by atoms with van der Waals surface area (Å²) in [5.41, 5.74) is 1.06. The molecule has 3 nitrogen and oxygen atoms in total. The van der Waals surface area contributed by atoms with Gasteiger partial charge in [0, 0.05) is 15.1 Å². The van der Waals surface area contributed by atoms with Crippen molar-refractivity contribution in [3.05, 3.63) is 57.5 Å². The van der Waals surface area contributed by atoms with E-state index in [1.165, 1.54) is 12.1 Å². The second-order valence-electron chi connectivity index (χ2n) is 3.63. The van der Waals surface area contributed by atoms with Crippen molar-refractivity contribution in [2.45, 2.75) is 0 Å². The molecule has 0 heterocycles. The molecule has 0 unspecified atom stereocenters. The van der Waals surface area contributed by atoms with E-state index in [0.29, 0.717) is 16.3 Å². The number of hydrogen-bond donors (Lipinski definition) is 2. The van der Waals surface area contributed by atoms with Gasteiger partial charge in [-0.3, -0.25) is 4.79 Å². The van der Waals surface area contributed by atoms with E-state index in [-0.39, 0.29) is 11.7 Å². The van der Waals surface area contributed by atoms with E-state index in [9.17, 15) is 4.79 Å². The Morgan fingerprint density at radius 1 is 1.17 bits per heavy atom. The number of halogens is 2. The van der Waals surface area contributed by atoms with Gasteiger partial charge in [0.2, 0.25) is 0 Å². The lowest BCUT2D eigenvalue weighted by molar-refractivity contribution is 0.102. The van der Waals surface area contributed by atoms with Crippen LogP contribution in [0, 0.1) is 0 Å². The van der Waals surface area contributed by atoms with Crippen LogP contribution in [-0.4, -0.2) is 11.0 Å². The molecule has 0 saturated heterocycles. The number of phenolic OH excluding ortho intramolecular Hbond substituents is 1. The minimum atomic E-state index is -0.266. The number of rotatable bonds is 2. The lowest BCUT2D eigenvalue weighted by atomic mass is 10.2. The minimum absolute atomic E-state index is 0.121. The molecule has 2 aromatic rings. The zero-order valence-electron chi connectivity index (χ0n) is 9.15. The minimum Gasteiger partial charge on any atom is -0.508 e. The number of benzene rings is 2. The Morgan fingerprint density at radius 2 is 1.83 bits per heavy atom. The summed E-state index contributed by atoms with van der Waals surface area (Å²) in [6.45, 7) is 0. The van der Waals surface area contributed by atoms with Crippen molar-refractivity contribution in [3.8, 4) is 5.75 Å². The molecule has 18 heavy (non-hydrogen) atoms. The number of aromatic hydroxyl groups is 1. The van der Waals surface area contributed by atoms with Gasteiger partial charge in [-0.05, 0) is 58.4 Å². The molecule has 0 bridgehead atoms. The van der Waals surface area contributed by atoms with Gasteiger partial charge >= 0.3 is 0 Å². The highest BCUT2D eigenvalue weighted by Crippen LogP contribution is 2.26. The molecular weight excluding hydrogens is 318 g/mol. The molecule has 0 aromatic heterocycles. The highest BCUT2D eigenvalue weighted by molar-refractivity contribution is 9.10. The standard InChI is InChI=1S/C13H9BrClNO2/c14-11-6-3-9(15)7-12(11)16-13(18)8-1-4-10(17)5-2-8/h1-7,17H,(H,16,18). The maximum Gasteiger partial charge on any atom is 0.255 e. The summed E-state index contributed by atoms with van der Waals surface area (Å²) in [6.07, 6.45) is 0. The number of anilines is 1. The van der Waals surface area contributed by atoms with Crippen LogP contribution >= 0.6 is 27.5 Å². The van der Waals surface area contributed by atoms with Crippen molar-refractivity contribution in [1.29, 1.82) is 0 Å². The first-order valence-electron chi connectivity index (χ1n) is 5.12. The number of phenols is 1. The lowest BCUT2D eigenvalue weighted by Crippen LogP contribution is -2.11. The third kappa shape index (κ3) is 3.03. The molecule has 2 N–H and O–H groups in total. The third-order valence-electron chi connectivity index (χ3n) is 2.31. The summed E-state index contributed by atoms with van der Waals surface area (Å²) >= 11 is 9.19. The summed E-state index contributed by atoms with van der Waals surface area (Å²) < 4.78 is 0.749. The molecule has 0 aliphatic carbocycles. The van der Waals surface area contributed by atoms with Gasteiger partial charge in [0.25, 0.3) is 5.91 Å². The van der Waals surface area contributed by atoms with E-state index in [0.717, 1.165) is 4.47 Å². The van der Waals surface area contributed by atoms with Gasteiger partial charge in [-0.2, -0.15) is 0 Å². The molecule has 0 atom stereocenters. The van der Waals surface area contributed by atoms with Crippen LogP contribution in [0.2, 0.25) is 5.02 Å². The van der Waals surface area contributed by atoms with E-state index in [4.69, 9.17) is 16.7 Å². The second kappa shape index (κ2) is 5.42. The molecular formula is C13H9BrClNO2. The van der Waals surface area contributed by atoms with Gasteiger partial charge in [-0.25, -0.2) is 0 Å². The fraction of sp³-hybridized carbons (Fsp3) is 0. The summed E-state index contributed by atoms with van der Waals surface area (Å²) in [7, 11) is 0. The summed E-state index contributed by atoms with van der Waals surface area (Å²) in [4.78, 5) is 11.9. The molecule has 5 heteroatoms. The normalized spacial score (nSPS) is 10.1. The van der Waals surface area contributed by atoms with Crippen molar-refractivity contribution in [2.24, 2.45) is 0 Å². The molecule has 2 rings (SSSR count). The average molecular weight is 327 g/mol. The highest BCUT2D eigenvalue weighted by Gasteiger charge is 2.08. The monoisotopic (exact) mass is 325 g/mol. The third-order valence-corrected chi connectivity index (χ3v) is 3.23. The van der Waals surface area contributed by atoms with Crippen LogP contribution in [0.3, 0.4) is 0 Å². The predicted molar refractivity (Wildman–Crippen MR) is 75.2 cm³/mol. The predicted octanol–water partition coefficient (Wildman–Crippen LogP) is 4.06. The average Bonchev–Trinajstić information content (AvgIpc) is 2.34. The van der Waals surface area contributed by atoms with E-state index in [1.54, 1.807) is 30.3 Å². The van der Waals surface area contributed by atoms with E-state index < -0.39 is 0 Å². The van der Waals surface area contributed by atoms with Gasteiger partial charge in [-0.1, -0.05) is 11.6 Å². The Kier molecular flexibility index (Phi) is 3.89. The lowest BCUT2D eigenvalue weighted by Gasteiger charge is -2.08. The molecule has 1 amide bonds. The van der Waals surface area contributed by atoms with Crippen LogP contribution < -0.4 is 5.32 Å². The number of carbonyl (C=O) groups excluding carboxylic acids is 1. The van der Waals surface area contributed by atoms with Crippen LogP contribution in [0.4, 0.5) is 5.69 Å². The molecule has 0 aliphatic heterocycles. The van der Waals surface area contributed by atoms with E-state index >= 15 is 0 Å². The van der Waals surface area contributed by atoms with Crippen LogP contribution in [0.5, 0.6) is 5.75 Å². The van der Waals surface area contributed by atoms with Gasteiger partial charge < -0.3 is 10.4 Å². The van der Waals surface area contributed by atoms with Crippen molar-refractivity contribution >= 4 is 39.1 Å². The quantitative estimate of drug-likeness (QED) is 0.874. The zero-order valence-corrected chi connectivity index (χ0v) is 11.5. The second-order valence-corrected chi connectivity index (χ2v) is 4.92. The van der Waals surface area contributed by atoms with Gasteiger partial charge in [0.05, 0.1) is 5.69 Å². The van der Waals surface area contributed by atoms with Crippen molar-refractivity contribution in [1.82, 2.24) is 0 Å². The van der Waals surface area contributed by atoms with E-state index in [1.807, 2.05) is 0 Å². The van der Waals surface area contributed by atoms with Crippen LogP contribution in [0.1, 0.15) is 10.4 Å². The Balaban J connectivity index is 2.21. The largest absolute Gasteiger partial charge is 0.508 e. The SMILES string of the molecule is O=C(Nc1cc(Cl)ccc1Br)c1ccc(O)cc1. The molecule has 92 valence electrons. The summed E-state index contributed by atoms with van der Waals surface area (Å²) in [6, 6.07) is 11.1. The fourth-order valence-corrected chi connectivity index (χ4v) is 1.92. The van der Waals surface area contributed by atoms with Gasteiger partial charge in [-0.15, -0.1) is 0 Å². The smallest absolute Gasteiger partial charge is 0.255 e. The van der Waals surface area contributed by atoms with Crippen molar-refractivity contribution in [3.63, 3.8) is 0 Å². The number of amides is 1. The molecule has 0 saturated carbocycles. The summed E-state index contributed by atoms with van der Waals surface area (Å²) in [5.74, 6) is -0.145. The van der Waals surface area contributed by atoms with E-state index in [2.05, 4.69) is 21.2 Å². The number of nitrogens with one attached hydrogen (secondary N) is 1. The van der Waals surface area contributed by atoms with Crippen molar-refractivity contribution < 1.29 is 9.90 Å². The maximum absolute atomic E-state index is 11.9. The molecule has 2 aromatic carbocycles. The Morgan fingerprint density at radius 3 is 2.50 bits per heavy atom. The fourth-order valence-electron chi connectivity index (χ4n) is 1.40. The number of hydrogen-bond acceptors (Lipinski definition) is 2. The Labute approximate surface area is 118 Å². The Bertz CT molecular complexity index is 584. The first-order chi connectivity index (χ1) is 8.56. The van der Waals surface area contributed by atoms with Crippen LogP contribution in [-0.2, 0) is 0 Å². The zero-order chi connectivity index (χ0) is 13.1.